The van der Waals surface area contributed by atoms with Gasteiger partial charge in [-0.05, 0) is 26.7 Å². The predicted octanol–water partition coefficient (Wildman–Crippen LogP) is 2.33. The number of hydrogen-bond acceptors (Lipinski definition) is 6. The van der Waals surface area contributed by atoms with Crippen molar-refractivity contribution in [3.05, 3.63) is 0 Å². The Balaban J connectivity index is 2.87. The molecule has 2 atom stereocenters. The molecule has 0 fully saturated rings. The van der Waals surface area contributed by atoms with Crippen molar-refractivity contribution in [2.45, 2.75) is 52.6 Å². The third kappa shape index (κ3) is 4.35. The van der Waals surface area contributed by atoms with Crippen LogP contribution in [0.3, 0.4) is 0 Å². The number of rotatable bonds is 7. The first-order valence-corrected chi connectivity index (χ1v) is 6.55. The van der Waals surface area contributed by atoms with Gasteiger partial charge in [-0.25, -0.2) is 0 Å². The lowest BCUT2D eigenvalue weighted by atomic mass is 10.3. The van der Waals surface area contributed by atoms with E-state index in [1.807, 2.05) is 0 Å². The molecule has 0 aliphatic rings. The lowest BCUT2D eigenvalue weighted by Gasteiger charge is -2.15. The van der Waals surface area contributed by atoms with Crippen LogP contribution in [0.1, 0.15) is 40.5 Å². The summed E-state index contributed by atoms with van der Waals surface area (Å²) in [5.74, 6) is 1.78. The van der Waals surface area contributed by atoms with Crippen LogP contribution in [0.25, 0.3) is 0 Å². The Morgan fingerprint density at radius 1 is 0.833 bits per heavy atom. The molecular formula is C12H24N6. The zero-order valence-corrected chi connectivity index (χ0v) is 11.9. The van der Waals surface area contributed by atoms with Crippen LogP contribution in [-0.4, -0.2) is 34.1 Å². The summed E-state index contributed by atoms with van der Waals surface area (Å²) in [4.78, 5) is 12.9. The van der Waals surface area contributed by atoms with E-state index in [-0.39, 0.29) is 0 Å². The molecule has 0 spiro atoms. The highest BCUT2D eigenvalue weighted by Crippen LogP contribution is 2.12. The minimum Gasteiger partial charge on any atom is -0.357 e. The summed E-state index contributed by atoms with van der Waals surface area (Å²) in [7, 11) is 1.80. The summed E-state index contributed by atoms with van der Waals surface area (Å²) in [5, 5.41) is 9.46. The Morgan fingerprint density at radius 3 is 1.56 bits per heavy atom. The van der Waals surface area contributed by atoms with Crippen molar-refractivity contribution >= 4 is 17.8 Å². The van der Waals surface area contributed by atoms with Crippen LogP contribution >= 0.6 is 0 Å². The van der Waals surface area contributed by atoms with Gasteiger partial charge in [0.1, 0.15) is 0 Å². The second-order valence-corrected chi connectivity index (χ2v) is 4.46. The molecule has 0 aromatic carbocycles. The lowest BCUT2D eigenvalue weighted by Crippen LogP contribution is -2.20. The topological polar surface area (TPSA) is 74.8 Å². The molecule has 0 saturated heterocycles. The zero-order chi connectivity index (χ0) is 13.5. The quantitative estimate of drug-likeness (QED) is 0.691. The van der Waals surface area contributed by atoms with Gasteiger partial charge in [0.05, 0.1) is 0 Å². The van der Waals surface area contributed by atoms with Crippen LogP contribution in [0.15, 0.2) is 0 Å². The Hall–Kier alpha value is -1.59. The van der Waals surface area contributed by atoms with Crippen molar-refractivity contribution in [2.75, 3.05) is 23.0 Å². The maximum absolute atomic E-state index is 4.37. The maximum Gasteiger partial charge on any atom is 0.229 e. The molecule has 1 rings (SSSR count). The molecule has 0 amide bonds. The molecule has 0 unspecified atom stereocenters. The second-order valence-electron chi connectivity index (χ2n) is 4.46. The van der Waals surface area contributed by atoms with Gasteiger partial charge in [0.15, 0.2) is 0 Å². The van der Waals surface area contributed by atoms with Crippen molar-refractivity contribution in [1.82, 2.24) is 15.0 Å². The molecule has 1 aromatic heterocycles. The van der Waals surface area contributed by atoms with Crippen LogP contribution in [0, 0.1) is 0 Å². The van der Waals surface area contributed by atoms with E-state index < -0.39 is 0 Å². The molecule has 18 heavy (non-hydrogen) atoms. The summed E-state index contributed by atoms with van der Waals surface area (Å²) in [6.45, 7) is 8.45. The summed E-state index contributed by atoms with van der Waals surface area (Å²) in [6, 6.07) is 0.683. The Bertz CT molecular complexity index is 337. The molecule has 3 N–H and O–H groups in total. The van der Waals surface area contributed by atoms with E-state index in [0.29, 0.717) is 29.9 Å². The third-order valence-corrected chi connectivity index (χ3v) is 2.83. The van der Waals surface area contributed by atoms with Gasteiger partial charge in [-0.15, -0.1) is 0 Å². The highest BCUT2D eigenvalue weighted by molar-refractivity contribution is 5.42. The SMILES string of the molecule is CC[C@@H](C)Nc1nc(NC)nc(N[C@@H](C)CC)n1. The van der Waals surface area contributed by atoms with Crippen LogP contribution in [0.4, 0.5) is 17.8 Å². The van der Waals surface area contributed by atoms with E-state index in [1.54, 1.807) is 7.05 Å². The van der Waals surface area contributed by atoms with Gasteiger partial charge in [-0.3, -0.25) is 0 Å². The van der Waals surface area contributed by atoms with E-state index in [1.165, 1.54) is 0 Å². The summed E-state index contributed by atoms with van der Waals surface area (Å²) < 4.78 is 0. The van der Waals surface area contributed by atoms with Gasteiger partial charge >= 0.3 is 0 Å². The van der Waals surface area contributed by atoms with E-state index in [9.17, 15) is 0 Å². The molecule has 1 heterocycles. The van der Waals surface area contributed by atoms with Crippen molar-refractivity contribution < 1.29 is 0 Å². The number of anilines is 3. The van der Waals surface area contributed by atoms with Crippen molar-refractivity contribution in [3.63, 3.8) is 0 Å². The predicted molar refractivity (Wildman–Crippen MR) is 76.1 cm³/mol. The van der Waals surface area contributed by atoms with Gasteiger partial charge in [0.2, 0.25) is 17.8 Å². The van der Waals surface area contributed by atoms with E-state index in [4.69, 9.17) is 0 Å². The van der Waals surface area contributed by atoms with Crippen LogP contribution in [0.2, 0.25) is 0 Å². The van der Waals surface area contributed by atoms with Gasteiger partial charge in [-0.2, -0.15) is 15.0 Å². The summed E-state index contributed by atoms with van der Waals surface area (Å²) in [6.07, 6.45) is 2.05. The van der Waals surface area contributed by atoms with Gasteiger partial charge in [-0.1, -0.05) is 13.8 Å². The number of hydrogen-bond donors (Lipinski definition) is 3. The highest BCUT2D eigenvalue weighted by Gasteiger charge is 2.09. The van der Waals surface area contributed by atoms with Gasteiger partial charge in [0, 0.05) is 19.1 Å². The second kappa shape index (κ2) is 6.98. The third-order valence-electron chi connectivity index (χ3n) is 2.83. The van der Waals surface area contributed by atoms with Gasteiger partial charge < -0.3 is 16.0 Å². The van der Waals surface area contributed by atoms with Crippen LogP contribution in [0.5, 0.6) is 0 Å². The molecule has 6 nitrogen and oxygen atoms in total. The molecule has 0 saturated carbocycles. The van der Waals surface area contributed by atoms with E-state index >= 15 is 0 Å². The van der Waals surface area contributed by atoms with Crippen molar-refractivity contribution in [1.29, 1.82) is 0 Å². The molecule has 102 valence electrons. The minimum atomic E-state index is 0.341. The Morgan fingerprint density at radius 2 is 1.22 bits per heavy atom. The minimum absolute atomic E-state index is 0.341. The van der Waals surface area contributed by atoms with Crippen molar-refractivity contribution in [2.24, 2.45) is 0 Å². The average Bonchev–Trinajstić information content (AvgIpc) is 2.37. The molecular weight excluding hydrogens is 228 g/mol. The normalized spacial score (nSPS) is 13.8. The Labute approximate surface area is 109 Å². The highest BCUT2D eigenvalue weighted by atomic mass is 15.3. The maximum atomic E-state index is 4.37. The summed E-state index contributed by atoms with van der Waals surface area (Å²) in [5.41, 5.74) is 0. The molecule has 1 aromatic rings. The van der Waals surface area contributed by atoms with E-state index in [2.05, 4.69) is 58.6 Å². The summed E-state index contributed by atoms with van der Waals surface area (Å²) >= 11 is 0. The first kappa shape index (κ1) is 14.5. The Kier molecular flexibility index (Phi) is 5.61. The fourth-order valence-electron chi connectivity index (χ4n) is 1.26. The number of nitrogens with zero attached hydrogens (tertiary/aromatic N) is 3. The standard InChI is InChI=1S/C12H24N6/c1-6-8(3)14-11-16-10(13-5)17-12(18-11)15-9(4)7-2/h8-9H,6-7H2,1-5H3,(H3,13,14,15,16,17,18)/t8-,9+. The number of aromatic nitrogens is 3. The van der Waals surface area contributed by atoms with Gasteiger partial charge in [0.25, 0.3) is 0 Å². The van der Waals surface area contributed by atoms with Crippen LogP contribution < -0.4 is 16.0 Å². The number of nitrogens with one attached hydrogen (secondary N) is 3. The zero-order valence-electron chi connectivity index (χ0n) is 11.9. The van der Waals surface area contributed by atoms with E-state index in [0.717, 1.165) is 12.8 Å². The largest absolute Gasteiger partial charge is 0.357 e. The molecule has 0 aliphatic carbocycles. The molecule has 0 bridgehead atoms. The molecule has 0 radical (unpaired) electrons. The van der Waals surface area contributed by atoms with Crippen LogP contribution in [-0.2, 0) is 0 Å². The monoisotopic (exact) mass is 252 g/mol. The van der Waals surface area contributed by atoms with Crippen molar-refractivity contribution in [3.8, 4) is 0 Å². The molecule has 6 heteroatoms. The average molecular weight is 252 g/mol. The smallest absolute Gasteiger partial charge is 0.229 e. The first-order valence-electron chi connectivity index (χ1n) is 6.55. The fourth-order valence-corrected chi connectivity index (χ4v) is 1.26. The molecule has 0 aliphatic heterocycles. The lowest BCUT2D eigenvalue weighted by molar-refractivity contribution is 0.739. The first-order chi connectivity index (χ1) is 8.58. The fraction of sp³-hybridized carbons (Fsp3) is 0.750.